The Balaban J connectivity index is 3.37. The first-order valence-electron chi connectivity index (χ1n) is 18.9. The molecule has 0 saturated carbocycles. The Kier molecular flexibility index (Phi) is 35.9. The number of rotatable bonds is 35. The van der Waals surface area contributed by atoms with Gasteiger partial charge in [-0.1, -0.05) is 225 Å². The van der Waals surface area contributed by atoms with Crippen molar-refractivity contribution in [2.45, 2.75) is 238 Å². The van der Waals surface area contributed by atoms with Crippen LogP contribution in [0, 0.1) is 0 Å². The van der Waals surface area contributed by atoms with Gasteiger partial charge in [-0.15, -0.1) is 0 Å². The Hall–Kier alpha value is 0.350. The molecule has 0 radical (unpaired) electrons. The summed E-state index contributed by atoms with van der Waals surface area (Å²) in [5, 5.41) is 0. The van der Waals surface area contributed by atoms with Gasteiger partial charge >= 0.3 is 0 Å². The van der Waals surface area contributed by atoms with Crippen molar-refractivity contribution in [3.05, 3.63) is 0 Å². The summed E-state index contributed by atoms with van der Waals surface area (Å²) in [5.74, 6) is 0. The molecule has 0 atom stereocenters. The average molecular weight is 583 g/mol. The van der Waals surface area contributed by atoms with Crippen molar-refractivity contribution >= 4 is 8.38 Å². The average Bonchev–Trinajstić information content (AvgIpc) is 2.95. The summed E-state index contributed by atoms with van der Waals surface area (Å²) in [4.78, 5) is 23.4. The number of hydrogen-bond acceptors (Lipinski definition) is 2. The molecule has 2 nitrogen and oxygen atoms in total. The summed E-state index contributed by atoms with van der Waals surface area (Å²) < 4.78 is 0. The first kappa shape index (κ1) is 40.4. The van der Waals surface area contributed by atoms with Gasteiger partial charge in [0.15, 0.2) is 0 Å². The van der Waals surface area contributed by atoms with E-state index in [2.05, 4.69) is 13.8 Å². The highest BCUT2D eigenvalue weighted by Gasteiger charge is 2.05. The lowest BCUT2D eigenvalue weighted by atomic mass is 10.0. The molecule has 0 aliphatic rings. The van der Waals surface area contributed by atoms with Crippen LogP contribution in [0.2, 0.25) is 0 Å². The van der Waals surface area contributed by atoms with Gasteiger partial charge in [-0.25, -0.2) is 0 Å². The molecule has 0 fully saturated rings. The molecule has 0 amide bonds. The number of hydrogen-bond donors (Lipinski definition) is 0. The van der Waals surface area contributed by atoms with E-state index >= 15 is 0 Å². The summed E-state index contributed by atoms with van der Waals surface area (Å²) in [6.07, 6.45) is 45.7. The van der Waals surface area contributed by atoms with E-state index in [0.717, 1.165) is 25.7 Å². The van der Waals surface area contributed by atoms with Crippen LogP contribution in [0.5, 0.6) is 0 Å². The lowest BCUT2D eigenvalue weighted by Crippen LogP contribution is -2.21. The van der Waals surface area contributed by atoms with Crippen molar-refractivity contribution in [2.75, 3.05) is 0 Å². The van der Waals surface area contributed by atoms with Crippen LogP contribution >= 0.6 is 8.38 Å². The van der Waals surface area contributed by atoms with Gasteiger partial charge in [0, 0.05) is 0 Å². The fourth-order valence-electron chi connectivity index (χ4n) is 6.21. The van der Waals surface area contributed by atoms with Crippen molar-refractivity contribution < 1.29 is 9.79 Å². The smallest absolute Gasteiger partial charge is 0.0488 e. The van der Waals surface area contributed by atoms with Crippen molar-refractivity contribution in [3.63, 3.8) is 0 Å². The molecule has 0 rings (SSSR count). The van der Waals surface area contributed by atoms with E-state index < -0.39 is 8.38 Å². The molecule has 3 heteroatoms. The minimum Gasteiger partial charge on any atom is -0.841 e. The minimum absolute atomic E-state index is 0.0618. The maximum absolute atomic E-state index is 11.7. The topological polar surface area (TPSA) is 46.1 Å². The van der Waals surface area contributed by atoms with Gasteiger partial charge in [0.25, 0.3) is 0 Å². The zero-order chi connectivity index (χ0) is 29.2. The summed E-state index contributed by atoms with van der Waals surface area (Å²) in [7, 11) is -2.25. The third-order valence-corrected chi connectivity index (χ3v) is 10.2. The van der Waals surface area contributed by atoms with Crippen LogP contribution in [0.1, 0.15) is 232 Å². The molecule has 0 spiro atoms. The van der Waals surface area contributed by atoms with Gasteiger partial charge in [0.2, 0.25) is 0 Å². The summed E-state index contributed by atoms with van der Waals surface area (Å²) in [6, 6.07) is 0. The Morgan fingerprint density at radius 3 is 0.650 bits per heavy atom. The molecule has 0 saturated heterocycles. The molecule has 0 aliphatic carbocycles. The largest absolute Gasteiger partial charge is 0.841 e. The van der Waals surface area contributed by atoms with Crippen LogP contribution in [0.25, 0.3) is 0 Å². The Labute approximate surface area is 255 Å². The van der Waals surface area contributed by atoms with Crippen molar-refractivity contribution in [1.29, 1.82) is 0 Å². The Bertz CT molecular complexity index is 406. The van der Waals surface area contributed by atoms with Gasteiger partial charge in [-0.3, -0.25) is 0 Å². The molecule has 0 aromatic rings. The van der Waals surface area contributed by atoms with Crippen molar-refractivity contribution in [3.8, 4) is 0 Å². The lowest BCUT2D eigenvalue weighted by Gasteiger charge is -2.40. The van der Waals surface area contributed by atoms with E-state index in [9.17, 15) is 9.79 Å². The molecule has 242 valence electrons. The van der Waals surface area contributed by atoms with Gasteiger partial charge in [-0.05, 0) is 12.8 Å². The highest BCUT2D eigenvalue weighted by molar-refractivity contribution is 7.42. The second-order valence-electron chi connectivity index (χ2n) is 13.1. The fraction of sp³-hybridized carbons (Fsp3) is 1.00. The molecule has 0 unspecified atom stereocenters. The monoisotopic (exact) mass is 583 g/mol. The zero-order valence-corrected chi connectivity index (χ0v) is 28.8. The van der Waals surface area contributed by atoms with Gasteiger partial charge in [-0.2, -0.15) is 0 Å². The summed E-state index contributed by atoms with van der Waals surface area (Å²) in [6.45, 7) is 4.58. The van der Waals surface area contributed by atoms with Crippen LogP contribution < -0.4 is 9.79 Å². The molecule has 0 aromatic heterocycles. The van der Waals surface area contributed by atoms with Gasteiger partial charge < -0.3 is 18.2 Å². The van der Waals surface area contributed by atoms with Crippen molar-refractivity contribution in [1.82, 2.24) is 0 Å². The fourth-order valence-corrected chi connectivity index (χ4v) is 7.00. The minimum atomic E-state index is -2.25. The van der Waals surface area contributed by atoms with Crippen LogP contribution in [0.15, 0.2) is 0 Å². The SMILES string of the molecule is CCCCCCCCCCCCCCCCCCC(CCCCCCCCCCCCCCCCCC)P([O-])[O-]. The molecule has 0 N–H and O–H groups in total. The van der Waals surface area contributed by atoms with Crippen LogP contribution in [0.3, 0.4) is 0 Å². The van der Waals surface area contributed by atoms with Gasteiger partial charge in [0.05, 0.1) is 0 Å². The molecule has 0 heterocycles. The first-order chi connectivity index (χ1) is 19.7. The quantitative estimate of drug-likeness (QED) is 0.0551. The zero-order valence-electron chi connectivity index (χ0n) is 27.9. The van der Waals surface area contributed by atoms with E-state index in [-0.39, 0.29) is 5.66 Å². The Morgan fingerprint density at radius 1 is 0.300 bits per heavy atom. The van der Waals surface area contributed by atoms with Crippen molar-refractivity contribution in [2.24, 2.45) is 0 Å². The first-order valence-corrected chi connectivity index (χ1v) is 20.1. The molecule has 0 bridgehead atoms. The predicted octanol–water partition coefficient (Wildman–Crippen LogP) is 12.7. The van der Waals surface area contributed by atoms with Crippen LogP contribution in [-0.2, 0) is 0 Å². The third-order valence-electron chi connectivity index (χ3n) is 9.08. The van der Waals surface area contributed by atoms with Crippen LogP contribution in [0.4, 0.5) is 0 Å². The maximum atomic E-state index is 11.7. The highest BCUT2D eigenvalue weighted by atomic mass is 31.2. The van der Waals surface area contributed by atoms with E-state index in [4.69, 9.17) is 0 Å². The van der Waals surface area contributed by atoms with Gasteiger partial charge in [0.1, 0.15) is 0 Å². The third kappa shape index (κ3) is 32.9. The summed E-state index contributed by atoms with van der Waals surface area (Å²) in [5.41, 5.74) is -0.0618. The maximum Gasteiger partial charge on any atom is -0.0488 e. The summed E-state index contributed by atoms with van der Waals surface area (Å²) >= 11 is 0. The molecule has 0 aromatic carbocycles. The standard InChI is InChI=1S/C37H75O2P/c1-3-5-7-9-11-13-15-17-19-21-23-25-27-29-31-33-35-37(40(38)39)36-34-32-30-28-26-24-22-20-18-16-14-12-10-8-6-4-2/h37H,3-36H2,1-2H3/q-2. The molecular weight excluding hydrogens is 507 g/mol. The lowest BCUT2D eigenvalue weighted by molar-refractivity contribution is -0.295. The number of unbranched alkanes of at least 4 members (excludes halogenated alkanes) is 30. The van der Waals surface area contributed by atoms with Crippen LogP contribution in [-0.4, -0.2) is 5.66 Å². The highest BCUT2D eigenvalue weighted by Crippen LogP contribution is 2.31. The predicted molar refractivity (Wildman–Crippen MR) is 179 cm³/mol. The van der Waals surface area contributed by atoms with E-state index in [1.54, 1.807) is 0 Å². The normalized spacial score (nSPS) is 11.8. The van der Waals surface area contributed by atoms with E-state index in [1.807, 2.05) is 0 Å². The van der Waals surface area contributed by atoms with E-state index in [1.165, 1.54) is 193 Å². The van der Waals surface area contributed by atoms with E-state index in [0.29, 0.717) is 0 Å². The molecular formula is C37H75O2P-2. The molecule has 0 aliphatic heterocycles. The molecule has 40 heavy (non-hydrogen) atoms. The second kappa shape index (κ2) is 35.5. The Morgan fingerprint density at radius 2 is 0.475 bits per heavy atom. The second-order valence-corrected chi connectivity index (χ2v) is 14.4.